The molecule has 2 aromatic carbocycles. The Kier molecular flexibility index (Phi) is 10.5. The van der Waals surface area contributed by atoms with Gasteiger partial charge in [0.1, 0.15) is 17.7 Å². The van der Waals surface area contributed by atoms with E-state index in [1.54, 1.807) is 37.4 Å². The molecule has 2 N–H and O–H groups in total. The third-order valence-electron chi connectivity index (χ3n) is 6.83. The Bertz CT molecular complexity index is 1150. The fraction of sp³-hybridized carbons (Fsp3) is 0.516. The van der Waals surface area contributed by atoms with Gasteiger partial charge in [-0.2, -0.15) is 11.8 Å². The van der Waals surface area contributed by atoms with Crippen molar-refractivity contribution in [3.05, 3.63) is 70.8 Å². The summed E-state index contributed by atoms with van der Waals surface area (Å²) in [4.78, 5) is 42.8. The number of amides is 3. The number of nitrogens with one attached hydrogen (secondary N) is 2. The first kappa shape index (κ1) is 30.5. The van der Waals surface area contributed by atoms with E-state index in [4.69, 9.17) is 4.74 Å². The lowest BCUT2D eigenvalue weighted by atomic mass is 9.96. The number of carbonyl (C=O) groups is 3. The lowest BCUT2D eigenvalue weighted by molar-refractivity contribution is -0.143. The van der Waals surface area contributed by atoms with Gasteiger partial charge in [0.25, 0.3) is 0 Å². The summed E-state index contributed by atoms with van der Waals surface area (Å²) in [7, 11) is 0. The first-order valence-corrected chi connectivity index (χ1v) is 15.0. The summed E-state index contributed by atoms with van der Waals surface area (Å²) < 4.78 is 5.48. The number of hydrogen-bond donors (Lipinski definition) is 2. The Balaban J connectivity index is 1.99. The molecule has 0 aromatic heterocycles. The summed E-state index contributed by atoms with van der Waals surface area (Å²) in [6.45, 7) is 11.8. The predicted molar refractivity (Wildman–Crippen MR) is 158 cm³/mol. The van der Waals surface area contributed by atoms with Gasteiger partial charge in [-0.05, 0) is 82.1 Å². The summed E-state index contributed by atoms with van der Waals surface area (Å²) in [6.07, 6.45) is 2.57. The average Bonchev–Trinajstić information content (AvgIpc) is 3.58. The van der Waals surface area contributed by atoms with Gasteiger partial charge in [-0.1, -0.05) is 61.0 Å². The van der Waals surface area contributed by atoms with E-state index < -0.39 is 23.8 Å². The third-order valence-corrected chi connectivity index (χ3v) is 7.48. The SMILES string of the molecule is CSCCC(NC(=O)OC(C)(C)C)C(=O)N(C(C(=O)NCc1ccccc1)c1ccc(C)cc1C)C1CC1C. The summed E-state index contributed by atoms with van der Waals surface area (Å²) in [5.74, 6) is 0.435. The fourth-order valence-electron chi connectivity index (χ4n) is 4.73. The van der Waals surface area contributed by atoms with Crippen molar-refractivity contribution >= 4 is 29.7 Å². The summed E-state index contributed by atoms with van der Waals surface area (Å²) in [5.41, 5.74) is 3.11. The first-order chi connectivity index (χ1) is 18.4. The molecule has 4 unspecified atom stereocenters. The molecule has 7 nitrogen and oxygen atoms in total. The van der Waals surface area contributed by atoms with E-state index in [-0.39, 0.29) is 23.8 Å². The molecule has 0 spiro atoms. The molecule has 3 rings (SSSR count). The van der Waals surface area contributed by atoms with E-state index >= 15 is 0 Å². The molecule has 1 saturated carbocycles. The zero-order valence-electron chi connectivity index (χ0n) is 24.2. The number of hydrogen-bond acceptors (Lipinski definition) is 5. The highest BCUT2D eigenvalue weighted by molar-refractivity contribution is 7.98. The van der Waals surface area contributed by atoms with Crippen LogP contribution >= 0.6 is 11.8 Å². The highest BCUT2D eigenvalue weighted by atomic mass is 32.2. The largest absolute Gasteiger partial charge is 0.444 e. The molecule has 39 heavy (non-hydrogen) atoms. The highest BCUT2D eigenvalue weighted by Crippen LogP contribution is 2.41. The quantitative estimate of drug-likeness (QED) is 0.381. The highest BCUT2D eigenvalue weighted by Gasteiger charge is 2.48. The maximum absolute atomic E-state index is 14.3. The molecule has 0 saturated heterocycles. The fourth-order valence-corrected chi connectivity index (χ4v) is 5.20. The van der Waals surface area contributed by atoms with Gasteiger partial charge in [0.2, 0.25) is 11.8 Å². The minimum atomic E-state index is -0.825. The molecular weight excluding hydrogens is 510 g/mol. The van der Waals surface area contributed by atoms with Crippen LogP contribution in [0, 0.1) is 19.8 Å². The van der Waals surface area contributed by atoms with Crippen LogP contribution < -0.4 is 10.6 Å². The van der Waals surface area contributed by atoms with Gasteiger partial charge < -0.3 is 20.3 Å². The number of rotatable bonds is 11. The number of alkyl carbamates (subject to hydrolysis) is 1. The maximum Gasteiger partial charge on any atom is 0.408 e. The predicted octanol–water partition coefficient (Wildman–Crippen LogP) is 5.54. The van der Waals surface area contributed by atoms with Crippen molar-refractivity contribution in [2.45, 2.75) is 84.7 Å². The lowest BCUT2D eigenvalue weighted by Gasteiger charge is -2.35. The van der Waals surface area contributed by atoms with Gasteiger partial charge in [-0.25, -0.2) is 4.79 Å². The topological polar surface area (TPSA) is 87.7 Å². The average molecular weight is 554 g/mol. The van der Waals surface area contributed by atoms with Crippen molar-refractivity contribution < 1.29 is 19.1 Å². The van der Waals surface area contributed by atoms with Crippen LogP contribution in [0.3, 0.4) is 0 Å². The molecule has 0 bridgehead atoms. The van der Waals surface area contributed by atoms with Gasteiger partial charge in [0.05, 0.1) is 0 Å². The van der Waals surface area contributed by atoms with E-state index in [0.29, 0.717) is 18.7 Å². The van der Waals surface area contributed by atoms with Crippen LogP contribution in [0.5, 0.6) is 0 Å². The molecule has 0 aliphatic heterocycles. The van der Waals surface area contributed by atoms with E-state index in [0.717, 1.165) is 28.7 Å². The second-order valence-electron chi connectivity index (χ2n) is 11.5. The van der Waals surface area contributed by atoms with Gasteiger partial charge in [-0.15, -0.1) is 0 Å². The number of ether oxygens (including phenoxy) is 1. The summed E-state index contributed by atoms with van der Waals surface area (Å²) >= 11 is 1.60. The minimum absolute atomic E-state index is 0.0945. The van der Waals surface area contributed by atoms with Crippen LogP contribution in [0.25, 0.3) is 0 Å². The lowest BCUT2D eigenvalue weighted by Crippen LogP contribution is -2.54. The Labute approximate surface area is 237 Å². The Morgan fingerprint density at radius 2 is 1.77 bits per heavy atom. The van der Waals surface area contributed by atoms with Crippen molar-refractivity contribution in [1.82, 2.24) is 15.5 Å². The van der Waals surface area contributed by atoms with Gasteiger partial charge in [0, 0.05) is 12.6 Å². The Hall–Kier alpha value is -3.00. The molecular formula is C31H43N3O4S. The van der Waals surface area contributed by atoms with Crippen molar-refractivity contribution in [1.29, 1.82) is 0 Å². The van der Waals surface area contributed by atoms with E-state index in [2.05, 4.69) is 17.6 Å². The maximum atomic E-state index is 14.3. The number of thioether (sulfide) groups is 1. The standard InChI is InChI=1S/C31H43N3O4S/c1-20-13-14-24(21(2)17-20)27(28(35)32-19-23-11-9-8-10-12-23)34(26-18-22(26)3)29(36)25(15-16-39-7)33-30(37)38-31(4,5)6/h8-14,17,22,25-27H,15-16,18-19H2,1-7H3,(H,32,35)(H,33,37). The Morgan fingerprint density at radius 3 is 2.33 bits per heavy atom. The molecule has 212 valence electrons. The molecule has 0 heterocycles. The normalized spacial score (nSPS) is 18.0. The Morgan fingerprint density at radius 1 is 1.10 bits per heavy atom. The molecule has 0 radical (unpaired) electrons. The van der Waals surface area contributed by atoms with Crippen LogP contribution in [0.15, 0.2) is 48.5 Å². The zero-order chi connectivity index (χ0) is 28.7. The number of carbonyl (C=O) groups excluding carboxylic acids is 3. The molecule has 2 aromatic rings. The second-order valence-corrected chi connectivity index (χ2v) is 12.5. The van der Waals surface area contributed by atoms with E-state index in [1.165, 1.54) is 0 Å². The zero-order valence-corrected chi connectivity index (χ0v) is 25.1. The molecule has 3 amide bonds. The first-order valence-electron chi connectivity index (χ1n) is 13.6. The number of nitrogens with zero attached hydrogens (tertiary/aromatic N) is 1. The van der Waals surface area contributed by atoms with Gasteiger partial charge >= 0.3 is 6.09 Å². The second kappa shape index (κ2) is 13.4. The number of benzene rings is 2. The minimum Gasteiger partial charge on any atom is -0.444 e. The van der Waals surface area contributed by atoms with Crippen molar-refractivity contribution in [2.24, 2.45) is 5.92 Å². The van der Waals surface area contributed by atoms with Gasteiger partial charge in [-0.3, -0.25) is 9.59 Å². The number of aryl methyl sites for hydroxylation is 2. The van der Waals surface area contributed by atoms with Crippen LogP contribution in [0.4, 0.5) is 4.79 Å². The van der Waals surface area contributed by atoms with Crippen molar-refractivity contribution in [3.63, 3.8) is 0 Å². The smallest absolute Gasteiger partial charge is 0.408 e. The molecule has 4 atom stereocenters. The molecule has 1 aliphatic carbocycles. The molecule has 1 fully saturated rings. The monoisotopic (exact) mass is 553 g/mol. The van der Waals surface area contributed by atoms with Crippen LogP contribution in [0.1, 0.15) is 68.8 Å². The molecule has 8 heteroatoms. The van der Waals surface area contributed by atoms with Crippen LogP contribution in [0.2, 0.25) is 0 Å². The van der Waals surface area contributed by atoms with Crippen LogP contribution in [-0.4, -0.2) is 52.5 Å². The van der Waals surface area contributed by atoms with Crippen LogP contribution in [-0.2, 0) is 20.9 Å². The van der Waals surface area contributed by atoms with Gasteiger partial charge in [0.15, 0.2) is 0 Å². The van der Waals surface area contributed by atoms with Crippen molar-refractivity contribution in [3.8, 4) is 0 Å². The summed E-state index contributed by atoms with van der Waals surface area (Å²) in [6, 6.07) is 14.0. The molecule has 1 aliphatic rings. The van der Waals surface area contributed by atoms with Crippen molar-refractivity contribution in [2.75, 3.05) is 12.0 Å². The summed E-state index contributed by atoms with van der Waals surface area (Å²) in [5, 5.41) is 5.89. The van der Waals surface area contributed by atoms with E-state index in [9.17, 15) is 14.4 Å². The third kappa shape index (κ3) is 8.75. The van der Waals surface area contributed by atoms with E-state index in [1.807, 2.05) is 68.6 Å².